The Bertz CT molecular complexity index is 490. The van der Waals surface area contributed by atoms with Crippen LogP contribution in [0.15, 0.2) is 24.3 Å². The number of carboxylic acids is 1. The van der Waals surface area contributed by atoms with Crippen molar-refractivity contribution < 1.29 is 19.4 Å². The van der Waals surface area contributed by atoms with E-state index in [4.69, 9.17) is 4.74 Å². The van der Waals surface area contributed by atoms with Gasteiger partial charge in [-0.05, 0) is 38.2 Å². The SMILES string of the molecule is CCOC(=O)C(Cc1ccc(C)cc1)(CC(C)C)C(=O)O. The van der Waals surface area contributed by atoms with Crippen molar-refractivity contribution in [1.82, 2.24) is 0 Å². The third kappa shape index (κ3) is 4.31. The van der Waals surface area contributed by atoms with Crippen LogP contribution in [0, 0.1) is 18.3 Å². The molecule has 4 nitrogen and oxygen atoms in total. The monoisotopic (exact) mass is 292 g/mol. The lowest BCUT2D eigenvalue weighted by atomic mass is 9.75. The van der Waals surface area contributed by atoms with Crippen LogP contribution >= 0.6 is 0 Å². The van der Waals surface area contributed by atoms with Crippen molar-refractivity contribution in [3.63, 3.8) is 0 Å². The van der Waals surface area contributed by atoms with Gasteiger partial charge in [-0.2, -0.15) is 0 Å². The van der Waals surface area contributed by atoms with E-state index >= 15 is 0 Å². The number of benzene rings is 1. The van der Waals surface area contributed by atoms with E-state index in [9.17, 15) is 14.7 Å². The molecule has 0 spiro atoms. The Morgan fingerprint density at radius 2 is 1.81 bits per heavy atom. The molecule has 0 amide bonds. The molecule has 1 aromatic rings. The second-order valence-electron chi connectivity index (χ2n) is 5.87. The second kappa shape index (κ2) is 7.25. The van der Waals surface area contributed by atoms with Gasteiger partial charge in [0.2, 0.25) is 0 Å². The van der Waals surface area contributed by atoms with Crippen molar-refractivity contribution in [1.29, 1.82) is 0 Å². The summed E-state index contributed by atoms with van der Waals surface area (Å²) in [5.41, 5.74) is 0.413. The van der Waals surface area contributed by atoms with Gasteiger partial charge in [0.15, 0.2) is 5.41 Å². The maximum absolute atomic E-state index is 12.3. The van der Waals surface area contributed by atoms with Gasteiger partial charge < -0.3 is 9.84 Å². The zero-order valence-electron chi connectivity index (χ0n) is 13.2. The number of carbonyl (C=O) groups excluding carboxylic acids is 1. The molecule has 0 aromatic heterocycles. The summed E-state index contributed by atoms with van der Waals surface area (Å²) in [5, 5.41) is 9.68. The summed E-state index contributed by atoms with van der Waals surface area (Å²) in [6, 6.07) is 7.57. The minimum Gasteiger partial charge on any atom is -0.480 e. The maximum atomic E-state index is 12.3. The van der Waals surface area contributed by atoms with E-state index in [0.29, 0.717) is 0 Å². The number of esters is 1. The Balaban J connectivity index is 3.17. The quantitative estimate of drug-likeness (QED) is 0.619. The molecule has 0 aliphatic heterocycles. The van der Waals surface area contributed by atoms with Crippen LogP contribution < -0.4 is 0 Å². The molecule has 1 N–H and O–H groups in total. The Labute approximate surface area is 126 Å². The Kier molecular flexibility index (Phi) is 5.94. The number of carboxylic acid groups (broad SMARTS) is 1. The van der Waals surface area contributed by atoms with E-state index < -0.39 is 17.4 Å². The summed E-state index contributed by atoms with van der Waals surface area (Å²) >= 11 is 0. The summed E-state index contributed by atoms with van der Waals surface area (Å²) < 4.78 is 5.05. The average molecular weight is 292 g/mol. The topological polar surface area (TPSA) is 63.6 Å². The molecule has 1 atom stereocenters. The van der Waals surface area contributed by atoms with E-state index in [1.165, 1.54) is 0 Å². The molecular formula is C17H24O4. The van der Waals surface area contributed by atoms with E-state index in [1.807, 2.05) is 45.0 Å². The summed E-state index contributed by atoms with van der Waals surface area (Å²) in [7, 11) is 0. The number of rotatable bonds is 7. The first-order chi connectivity index (χ1) is 9.81. The van der Waals surface area contributed by atoms with Gasteiger partial charge in [-0.3, -0.25) is 9.59 Å². The highest BCUT2D eigenvalue weighted by molar-refractivity contribution is 5.99. The first-order valence-corrected chi connectivity index (χ1v) is 7.28. The Hall–Kier alpha value is -1.84. The van der Waals surface area contributed by atoms with Crippen LogP contribution in [0.25, 0.3) is 0 Å². The maximum Gasteiger partial charge on any atom is 0.323 e. The molecule has 1 unspecified atom stereocenters. The molecule has 0 radical (unpaired) electrons. The number of hydrogen-bond donors (Lipinski definition) is 1. The highest BCUT2D eigenvalue weighted by Crippen LogP contribution is 2.33. The van der Waals surface area contributed by atoms with Gasteiger partial charge in [0, 0.05) is 0 Å². The Morgan fingerprint density at radius 1 is 1.24 bits per heavy atom. The summed E-state index contributed by atoms with van der Waals surface area (Å²) in [6.45, 7) is 7.65. The third-order valence-electron chi connectivity index (χ3n) is 3.46. The fraction of sp³-hybridized carbons (Fsp3) is 0.529. The van der Waals surface area contributed by atoms with Gasteiger partial charge in [-0.1, -0.05) is 43.7 Å². The molecule has 0 fully saturated rings. The normalized spacial score (nSPS) is 13.8. The molecule has 0 saturated carbocycles. The molecule has 0 saturated heterocycles. The zero-order chi connectivity index (χ0) is 16.0. The molecule has 0 bridgehead atoms. The molecular weight excluding hydrogens is 268 g/mol. The van der Waals surface area contributed by atoms with E-state index in [2.05, 4.69) is 0 Å². The lowest BCUT2D eigenvalue weighted by Crippen LogP contribution is -2.43. The van der Waals surface area contributed by atoms with Crippen LogP contribution in [0.5, 0.6) is 0 Å². The summed E-state index contributed by atoms with van der Waals surface area (Å²) in [4.78, 5) is 24.2. The van der Waals surface area contributed by atoms with Gasteiger partial charge in [0.1, 0.15) is 0 Å². The number of carbonyl (C=O) groups is 2. The summed E-state index contributed by atoms with van der Waals surface area (Å²) in [5.74, 6) is -1.68. The molecule has 1 aromatic carbocycles. The molecule has 0 aliphatic carbocycles. The number of ether oxygens (including phenoxy) is 1. The number of hydrogen-bond acceptors (Lipinski definition) is 3. The molecule has 0 aliphatic rings. The van der Waals surface area contributed by atoms with Crippen molar-refractivity contribution in [3.05, 3.63) is 35.4 Å². The van der Waals surface area contributed by atoms with Crippen LogP contribution in [0.3, 0.4) is 0 Å². The average Bonchev–Trinajstić information content (AvgIpc) is 2.40. The second-order valence-corrected chi connectivity index (χ2v) is 5.87. The molecule has 1 rings (SSSR count). The fourth-order valence-electron chi connectivity index (χ4n) is 2.50. The standard InChI is InChI=1S/C17H24O4/c1-5-21-16(20)17(15(18)19,10-12(2)3)11-14-8-6-13(4)7-9-14/h6-9,12H,5,10-11H2,1-4H3,(H,18,19). The Morgan fingerprint density at radius 3 is 2.24 bits per heavy atom. The first kappa shape index (κ1) is 17.2. The highest BCUT2D eigenvalue weighted by atomic mass is 16.5. The van der Waals surface area contributed by atoms with Gasteiger partial charge in [-0.15, -0.1) is 0 Å². The van der Waals surface area contributed by atoms with Crippen molar-refractivity contribution in [2.24, 2.45) is 11.3 Å². The molecule has 0 heterocycles. The van der Waals surface area contributed by atoms with Crippen LogP contribution in [0.1, 0.15) is 38.3 Å². The molecule has 116 valence electrons. The number of aliphatic carboxylic acids is 1. The lowest BCUT2D eigenvalue weighted by Gasteiger charge is -2.29. The van der Waals surface area contributed by atoms with E-state index in [0.717, 1.165) is 11.1 Å². The lowest BCUT2D eigenvalue weighted by molar-refractivity contribution is -0.170. The van der Waals surface area contributed by atoms with Gasteiger partial charge >= 0.3 is 11.9 Å². The van der Waals surface area contributed by atoms with E-state index in [-0.39, 0.29) is 25.4 Å². The van der Waals surface area contributed by atoms with Crippen LogP contribution in [0.4, 0.5) is 0 Å². The van der Waals surface area contributed by atoms with Gasteiger partial charge in [0.05, 0.1) is 6.61 Å². The van der Waals surface area contributed by atoms with Crippen LogP contribution in [0.2, 0.25) is 0 Å². The minimum atomic E-state index is -1.51. The highest BCUT2D eigenvalue weighted by Gasteiger charge is 2.48. The van der Waals surface area contributed by atoms with Crippen LogP contribution in [-0.4, -0.2) is 23.7 Å². The van der Waals surface area contributed by atoms with Gasteiger partial charge in [0.25, 0.3) is 0 Å². The zero-order valence-corrected chi connectivity index (χ0v) is 13.2. The molecule has 4 heteroatoms. The predicted octanol–water partition coefficient (Wildman–Crippen LogP) is 3.22. The van der Waals surface area contributed by atoms with Gasteiger partial charge in [-0.25, -0.2) is 0 Å². The van der Waals surface area contributed by atoms with Crippen molar-refractivity contribution in [2.75, 3.05) is 6.61 Å². The smallest absolute Gasteiger partial charge is 0.323 e. The van der Waals surface area contributed by atoms with Crippen LogP contribution in [-0.2, 0) is 20.7 Å². The fourth-order valence-corrected chi connectivity index (χ4v) is 2.50. The minimum absolute atomic E-state index is 0.0796. The third-order valence-corrected chi connectivity index (χ3v) is 3.46. The first-order valence-electron chi connectivity index (χ1n) is 7.28. The van der Waals surface area contributed by atoms with Crippen molar-refractivity contribution in [3.8, 4) is 0 Å². The molecule has 21 heavy (non-hydrogen) atoms. The summed E-state index contributed by atoms with van der Waals surface area (Å²) in [6.07, 6.45) is 0.411. The van der Waals surface area contributed by atoms with E-state index in [1.54, 1.807) is 6.92 Å². The van der Waals surface area contributed by atoms with Crippen molar-refractivity contribution in [2.45, 2.75) is 40.5 Å². The van der Waals surface area contributed by atoms with Crippen molar-refractivity contribution >= 4 is 11.9 Å². The largest absolute Gasteiger partial charge is 0.480 e. The predicted molar refractivity (Wildman–Crippen MR) is 81.0 cm³/mol. The number of aryl methyl sites for hydroxylation is 1.